The van der Waals surface area contributed by atoms with Crippen LogP contribution >= 0.6 is 15.9 Å². The first-order valence-electron chi connectivity index (χ1n) is 6.32. The number of rotatable bonds is 5. The van der Waals surface area contributed by atoms with Crippen LogP contribution in [0.25, 0.3) is 5.69 Å². The maximum Gasteiger partial charge on any atom is 0.254 e. The van der Waals surface area contributed by atoms with Gasteiger partial charge in [-0.2, -0.15) is 5.10 Å². The molecule has 1 atom stereocenters. The summed E-state index contributed by atoms with van der Waals surface area (Å²) in [5.74, 6) is -0.186. The number of aromatic nitrogens is 2. The van der Waals surface area contributed by atoms with E-state index in [-0.39, 0.29) is 18.6 Å². The van der Waals surface area contributed by atoms with E-state index in [9.17, 15) is 4.79 Å². The minimum absolute atomic E-state index is 0.0552. The Hall–Kier alpha value is -1.66. The van der Waals surface area contributed by atoms with Crippen LogP contribution in [-0.4, -0.2) is 33.4 Å². The quantitative estimate of drug-likeness (QED) is 0.878. The molecule has 6 heteroatoms. The van der Waals surface area contributed by atoms with Gasteiger partial charge in [-0.15, -0.1) is 0 Å². The monoisotopic (exact) mass is 337 g/mol. The van der Waals surface area contributed by atoms with Gasteiger partial charge in [-0.25, -0.2) is 4.68 Å². The van der Waals surface area contributed by atoms with Gasteiger partial charge < -0.3 is 10.4 Å². The minimum Gasteiger partial charge on any atom is -0.396 e. The minimum atomic E-state index is -0.186. The van der Waals surface area contributed by atoms with Crippen molar-refractivity contribution in [2.75, 3.05) is 6.61 Å². The van der Waals surface area contributed by atoms with E-state index >= 15 is 0 Å². The molecule has 1 amide bonds. The lowest BCUT2D eigenvalue weighted by molar-refractivity contribution is 0.0934. The lowest BCUT2D eigenvalue weighted by Crippen LogP contribution is -2.32. The molecule has 0 aliphatic heterocycles. The lowest BCUT2D eigenvalue weighted by Gasteiger charge is -2.10. The summed E-state index contributed by atoms with van der Waals surface area (Å²) in [6, 6.07) is 7.59. The fourth-order valence-corrected chi connectivity index (χ4v) is 2.01. The summed E-state index contributed by atoms with van der Waals surface area (Å²) < 4.78 is 2.64. The average molecular weight is 338 g/mol. The van der Waals surface area contributed by atoms with Crippen LogP contribution in [0.15, 0.2) is 41.1 Å². The van der Waals surface area contributed by atoms with Crippen molar-refractivity contribution < 1.29 is 9.90 Å². The highest BCUT2D eigenvalue weighted by molar-refractivity contribution is 9.10. The van der Waals surface area contributed by atoms with Gasteiger partial charge in [-0.05, 0) is 37.6 Å². The number of aliphatic hydroxyl groups is 1. The number of hydrogen-bond donors (Lipinski definition) is 2. The van der Waals surface area contributed by atoms with Crippen LogP contribution in [0.5, 0.6) is 0 Å². The summed E-state index contributed by atoms with van der Waals surface area (Å²) in [5, 5.41) is 15.8. The van der Waals surface area contributed by atoms with Gasteiger partial charge >= 0.3 is 0 Å². The topological polar surface area (TPSA) is 67.2 Å². The third-order valence-electron chi connectivity index (χ3n) is 2.88. The number of aliphatic hydroxyl groups excluding tert-OH is 1. The number of carbonyl (C=O) groups is 1. The second kappa shape index (κ2) is 6.67. The van der Waals surface area contributed by atoms with Gasteiger partial charge in [0.05, 0.1) is 17.4 Å². The van der Waals surface area contributed by atoms with E-state index in [4.69, 9.17) is 5.11 Å². The molecule has 1 unspecified atom stereocenters. The third kappa shape index (κ3) is 3.68. The second-order valence-electron chi connectivity index (χ2n) is 4.54. The maximum absolute atomic E-state index is 12.0. The highest BCUT2D eigenvalue weighted by Crippen LogP contribution is 2.14. The predicted octanol–water partition coefficient (Wildman–Crippen LogP) is 2.14. The molecule has 0 fully saturated rings. The normalized spacial score (nSPS) is 12.2. The molecule has 0 saturated heterocycles. The van der Waals surface area contributed by atoms with Crippen LogP contribution in [0.4, 0.5) is 0 Å². The predicted molar refractivity (Wildman–Crippen MR) is 79.9 cm³/mol. The number of nitrogens with one attached hydrogen (secondary N) is 1. The molecule has 2 N–H and O–H groups in total. The molecule has 1 aromatic heterocycles. The Bertz CT molecular complexity index is 580. The third-order valence-corrected chi connectivity index (χ3v) is 3.40. The Morgan fingerprint density at radius 1 is 1.45 bits per heavy atom. The number of benzene rings is 1. The van der Waals surface area contributed by atoms with Crippen molar-refractivity contribution in [1.29, 1.82) is 0 Å². The van der Waals surface area contributed by atoms with Gasteiger partial charge in [0, 0.05) is 23.3 Å². The number of halogens is 1. The molecule has 2 rings (SSSR count). The molecule has 0 spiro atoms. The summed E-state index contributed by atoms with van der Waals surface area (Å²) in [6.45, 7) is 1.91. The van der Waals surface area contributed by atoms with E-state index in [0.29, 0.717) is 12.0 Å². The molecular formula is C14H16BrN3O2. The fourth-order valence-electron chi connectivity index (χ4n) is 1.75. The number of hydrogen-bond acceptors (Lipinski definition) is 3. The maximum atomic E-state index is 12.0. The van der Waals surface area contributed by atoms with Gasteiger partial charge in [0.25, 0.3) is 5.91 Å². The molecule has 2 aromatic rings. The van der Waals surface area contributed by atoms with Crippen LogP contribution in [0.3, 0.4) is 0 Å². The van der Waals surface area contributed by atoms with E-state index in [1.807, 2.05) is 31.2 Å². The molecule has 20 heavy (non-hydrogen) atoms. The van der Waals surface area contributed by atoms with Crippen molar-refractivity contribution in [3.63, 3.8) is 0 Å². The molecule has 0 aliphatic rings. The molecule has 106 valence electrons. The first-order chi connectivity index (χ1) is 9.60. The van der Waals surface area contributed by atoms with Crippen molar-refractivity contribution in [2.24, 2.45) is 0 Å². The highest BCUT2D eigenvalue weighted by atomic mass is 79.9. The van der Waals surface area contributed by atoms with Gasteiger partial charge in [0.2, 0.25) is 0 Å². The largest absolute Gasteiger partial charge is 0.396 e. The first kappa shape index (κ1) is 14.7. The van der Waals surface area contributed by atoms with Crippen LogP contribution in [-0.2, 0) is 0 Å². The van der Waals surface area contributed by atoms with Gasteiger partial charge in [0.1, 0.15) is 0 Å². The van der Waals surface area contributed by atoms with Crippen LogP contribution in [0, 0.1) is 0 Å². The van der Waals surface area contributed by atoms with Crippen LogP contribution in [0.1, 0.15) is 23.7 Å². The van der Waals surface area contributed by atoms with Crippen molar-refractivity contribution in [2.45, 2.75) is 19.4 Å². The Balaban J connectivity index is 2.08. The molecule has 0 aliphatic carbocycles. The SMILES string of the molecule is CC(CCO)NC(=O)c1cnn(-c2ccc(Br)cc2)c1. The van der Waals surface area contributed by atoms with E-state index in [0.717, 1.165) is 10.2 Å². The van der Waals surface area contributed by atoms with Crippen molar-refractivity contribution in [1.82, 2.24) is 15.1 Å². The van der Waals surface area contributed by atoms with Crippen LogP contribution in [0.2, 0.25) is 0 Å². The standard InChI is InChI=1S/C14H16BrN3O2/c1-10(6-7-19)17-14(20)11-8-16-18(9-11)13-4-2-12(15)3-5-13/h2-5,8-10,19H,6-7H2,1H3,(H,17,20). The highest BCUT2D eigenvalue weighted by Gasteiger charge is 2.12. The van der Waals surface area contributed by atoms with E-state index in [1.165, 1.54) is 6.20 Å². The van der Waals surface area contributed by atoms with Gasteiger partial charge in [0.15, 0.2) is 0 Å². The Morgan fingerprint density at radius 2 is 2.15 bits per heavy atom. The smallest absolute Gasteiger partial charge is 0.254 e. The lowest BCUT2D eigenvalue weighted by atomic mass is 10.2. The van der Waals surface area contributed by atoms with E-state index in [2.05, 4.69) is 26.3 Å². The van der Waals surface area contributed by atoms with Gasteiger partial charge in [-0.1, -0.05) is 15.9 Å². The molecule has 0 saturated carbocycles. The zero-order valence-corrected chi connectivity index (χ0v) is 12.7. The van der Waals surface area contributed by atoms with Crippen molar-refractivity contribution >= 4 is 21.8 Å². The van der Waals surface area contributed by atoms with Crippen molar-refractivity contribution in [3.8, 4) is 5.69 Å². The van der Waals surface area contributed by atoms with Crippen molar-refractivity contribution in [3.05, 3.63) is 46.7 Å². The summed E-state index contributed by atoms with van der Waals surface area (Å²) >= 11 is 3.37. The zero-order chi connectivity index (χ0) is 14.5. The molecule has 1 aromatic carbocycles. The Kier molecular flexibility index (Phi) is 4.92. The zero-order valence-electron chi connectivity index (χ0n) is 11.1. The second-order valence-corrected chi connectivity index (χ2v) is 5.45. The average Bonchev–Trinajstić information content (AvgIpc) is 2.89. The Morgan fingerprint density at radius 3 is 2.80 bits per heavy atom. The molecule has 0 bridgehead atoms. The number of nitrogens with zero attached hydrogens (tertiary/aromatic N) is 2. The molecule has 5 nitrogen and oxygen atoms in total. The summed E-state index contributed by atoms with van der Waals surface area (Å²) in [5.41, 5.74) is 1.38. The number of amides is 1. The summed E-state index contributed by atoms with van der Waals surface area (Å²) in [4.78, 5) is 12.0. The van der Waals surface area contributed by atoms with E-state index in [1.54, 1.807) is 10.9 Å². The Labute approximate surface area is 125 Å². The fraction of sp³-hybridized carbons (Fsp3) is 0.286. The van der Waals surface area contributed by atoms with E-state index < -0.39 is 0 Å². The molecule has 0 radical (unpaired) electrons. The number of carbonyl (C=O) groups excluding carboxylic acids is 1. The molecule has 1 heterocycles. The molecular weight excluding hydrogens is 322 g/mol. The summed E-state index contributed by atoms with van der Waals surface area (Å²) in [6.07, 6.45) is 3.75. The van der Waals surface area contributed by atoms with Crippen LogP contribution < -0.4 is 5.32 Å². The van der Waals surface area contributed by atoms with Gasteiger partial charge in [-0.3, -0.25) is 4.79 Å². The first-order valence-corrected chi connectivity index (χ1v) is 7.12. The summed E-state index contributed by atoms with van der Waals surface area (Å²) in [7, 11) is 0.